The molecule has 3 nitrogen and oxygen atoms in total. The second-order valence-corrected chi connectivity index (χ2v) is 3.51. The van der Waals surface area contributed by atoms with Crippen LogP contribution in [0.3, 0.4) is 0 Å². The van der Waals surface area contributed by atoms with Crippen molar-refractivity contribution in [2.75, 3.05) is 0 Å². The zero-order chi connectivity index (χ0) is 10.4. The smallest absolute Gasteiger partial charge is 0.246 e. The molecule has 0 saturated heterocycles. The molecule has 80 valence electrons. The van der Waals surface area contributed by atoms with Gasteiger partial charge in [0.1, 0.15) is 0 Å². The molecule has 0 saturated carbocycles. The van der Waals surface area contributed by atoms with E-state index in [0.29, 0.717) is 5.69 Å². The van der Waals surface area contributed by atoms with Crippen molar-refractivity contribution in [3.63, 3.8) is 0 Å². The Hall–Kier alpha value is -0.930. The molecule has 0 atom stereocenters. The maximum atomic E-state index is 13.2. The monoisotopic (exact) mass is 199 g/mol. The Morgan fingerprint density at radius 2 is 1.93 bits per heavy atom. The Kier molecular flexibility index (Phi) is 4.56. The van der Waals surface area contributed by atoms with E-state index < -0.39 is 5.95 Å². The SMILES string of the molecule is CCCCc1c(F)nnn1CCCC. The van der Waals surface area contributed by atoms with Crippen LogP contribution in [0.25, 0.3) is 0 Å². The van der Waals surface area contributed by atoms with Gasteiger partial charge >= 0.3 is 0 Å². The Bertz CT molecular complexity index is 270. The topological polar surface area (TPSA) is 30.7 Å². The number of rotatable bonds is 6. The molecule has 0 radical (unpaired) electrons. The van der Waals surface area contributed by atoms with Gasteiger partial charge in [-0.25, -0.2) is 4.68 Å². The van der Waals surface area contributed by atoms with Gasteiger partial charge in [-0.15, -0.1) is 0 Å². The molecule has 1 rings (SSSR count). The minimum Gasteiger partial charge on any atom is -0.246 e. The first kappa shape index (κ1) is 11.1. The third-order valence-electron chi connectivity index (χ3n) is 2.28. The number of aryl methyl sites for hydroxylation is 1. The second kappa shape index (κ2) is 5.73. The van der Waals surface area contributed by atoms with Crippen molar-refractivity contribution in [1.82, 2.24) is 15.0 Å². The summed E-state index contributed by atoms with van der Waals surface area (Å²) in [6.07, 6.45) is 4.94. The Morgan fingerprint density at radius 1 is 1.21 bits per heavy atom. The van der Waals surface area contributed by atoms with Gasteiger partial charge in [0.15, 0.2) is 0 Å². The van der Waals surface area contributed by atoms with Gasteiger partial charge < -0.3 is 0 Å². The summed E-state index contributed by atoms with van der Waals surface area (Å²) in [6, 6.07) is 0. The van der Waals surface area contributed by atoms with E-state index in [-0.39, 0.29) is 0 Å². The van der Waals surface area contributed by atoms with Crippen LogP contribution >= 0.6 is 0 Å². The summed E-state index contributed by atoms with van der Waals surface area (Å²) in [4.78, 5) is 0. The quantitative estimate of drug-likeness (QED) is 0.705. The normalized spacial score (nSPS) is 10.8. The molecule has 0 aliphatic rings. The Labute approximate surface area is 84.3 Å². The first-order valence-electron chi connectivity index (χ1n) is 5.37. The summed E-state index contributed by atoms with van der Waals surface area (Å²) in [6.45, 7) is 4.99. The van der Waals surface area contributed by atoms with Crippen LogP contribution in [0.1, 0.15) is 45.2 Å². The van der Waals surface area contributed by atoms with Crippen LogP contribution in [-0.2, 0) is 13.0 Å². The standard InChI is InChI=1S/C10H18FN3/c1-3-5-7-9-10(11)12-13-14(9)8-6-4-2/h3-8H2,1-2H3. The molecule has 0 bridgehead atoms. The summed E-state index contributed by atoms with van der Waals surface area (Å²) in [5.41, 5.74) is 0.667. The number of nitrogens with zero attached hydrogens (tertiary/aromatic N) is 3. The third-order valence-corrected chi connectivity index (χ3v) is 2.28. The van der Waals surface area contributed by atoms with E-state index in [1.165, 1.54) is 0 Å². The Balaban J connectivity index is 2.62. The van der Waals surface area contributed by atoms with Gasteiger partial charge in [-0.05, 0) is 19.3 Å². The molecule has 0 aliphatic heterocycles. The lowest BCUT2D eigenvalue weighted by Crippen LogP contribution is -2.06. The summed E-state index contributed by atoms with van der Waals surface area (Å²) in [7, 11) is 0. The molecule has 0 aromatic carbocycles. The van der Waals surface area contributed by atoms with Gasteiger partial charge in [0.05, 0.1) is 5.69 Å². The molecule has 1 heterocycles. The zero-order valence-electron chi connectivity index (χ0n) is 8.96. The van der Waals surface area contributed by atoms with Crippen LogP contribution in [0.2, 0.25) is 0 Å². The predicted molar refractivity (Wildman–Crippen MR) is 53.5 cm³/mol. The predicted octanol–water partition coefficient (Wildman–Crippen LogP) is 2.56. The van der Waals surface area contributed by atoms with Gasteiger partial charge in [-0.2, -0.15) is 4.39 Å². The van der Waals surface area contributed by atoms with Crippen molar-refractivity contribution in [1.29, 1.82) is 0 Å². The molecule has 0 spiro atoms. The molecule has 4 heteroatoms. The third kappa shape index (κ3) is 2.79. The number of unbranched alkanes of at least 4 members (excludes halogenated alkanes) is 2. The Morgan fingerprint density at radius 3 is 2.57 bits per heavy atom. The highest BCUT2D eigenvalue weighted by Gasteiger charge is 2.10. The van der Waals surface area contributed by atoms with E-state index in [2.05, 4.69) is 24.2 Å². The van der Waals surface area contributed by atoms with Crippen molar-refractivity contribution in [2.24, 2.45) is 0 Å². The number of aromatic nitrogens is 3. The highest BCUT2D eigenvalue weighted by molar-refractivity contribution is 4.97. The molecule has 1 aromatic rings. The first-order valence-corrected chi connectivity index (χ1v) is 5.37. The lowest BCUT2D eigenvalue weighted by molar-refractivity contribution is 0.523. The highest BCUT2D eigenvalue weighted by atomic mass is 19.1. The van der Waals surface area contributed by atoms with Crippen molar-refractivity contribution in [3.8, 4) is 0 Å². The fraction of sp³-hybridized carbons (Fsp3) is 0.800. The second-order valence-electron chi connectivity index (χ2n) is 3.51. The van der Waals surface area contributed by atoms with Crippen LogP contribution in [0, 0.1) is 5.95 Å². The summed E-state index contributed by atoms with van der Waals surface area (Å²) in [5.74, 6) is -0.394. The minimum atomic E-state index is -0.394. The van der Waals surface area contributed by atoms with Crippen molar-refractivity contribution >= 4 is 0 Å². The van der Waals surface area contributed by atoms with E-state index in [0.717, 1.165) is 38.6 Å². The van der Waals surface area contributed by atoms with Crippen molar-refractivity contribution in [2.45, 2.75) is 52.5 Å². The van der Waals surface area contributed by atoms with Gasteiger partial charge in [-0.3, -0.25) is 0 Å². The molecule has 14 heavy (non-hydrogen) atoms. The lowest BCUT2D eigenvalue weighted by atomic mass is 10.2. The fourth-order valence-electron chi connectivity index (χ4n) is 1.38. The molecule has 0 unspecified atom stereocenters. The van der Waals surface area contributed by atoms with E-state index in [1.54, 1.807) is 4.68 Å². The van der Waals surface area contributed by atoms with Gasteiger partial charge in [0.25, 0.3) is 5.95 Å². The summed E-state index contributed by atoms with van der Waals surface area (Å²) in [5, 5.41) is 7.27. The fourth-order valence-corrected chi connectivity index (χ4v) is 1.38. The molecule has 1 aromatic heterocycles. The number of hydrogen-bond acceptors (Lipinski definition) is 2. The molecule has 0 aliphatic carbocycles. The zero-order valence-corrected chi connectivity index (χ0v) is 8.96. The largest absolute Gasteiger partial charge is 0.255 e. The minimum absolute atomic E-state index is 0.394. The molecule has 0 fully saturated rings. The lowest BCUT2D eigenvalue weighted by Gasteiger charge is -2.03. The van der Waals surface area contributed by atoms with E-state index >= 15 is 0 Å². The summed E-state index contributed by atoms with van der Waals surface area (Å²) >= 11 is 0. The maximum absolute atomic E-state index is 13.2. The average Bonchev–Trinajstić information content (AvgIpc) is 2.53. The average molecular weight is 199 g/mol. The molecular weight excluding hydrogens is 181 g/mol. The maximum Gasteiger partial charge on any atom is 0.255 e. The first-order chi connectivity index (χ1) is 6.79. The van der Waals surface area contributed by atoms with Crippen molar-refractivity contribution < 1.29 is 4.39 Å². The van der Waals surface area contributed by atoms with Crippen LogP contribution in [0.15, 0.2) is 0 Å². The van der Waals surface area contributed by atoms with Crippen LogP contribution in [-0.4, -0.2) is 15.0 Å². The van der Waals surface area contributed by atoms with E-state index in [4.69, 9.17) is 0 Å². The van der Waals surface area contributed by atoms with Crippen LogP contribution in [0.4, 0.5) is 4.39 Å². The van der Waals surface area contributed by atoms with Gasteiger partial charge in [0.2, 0.25) is 0 Å². The molecule has 0 N–H and O–H groups in total. The van der Waals surface area contributed by atoms with Gasteiger partial charge in [0, 0.05) is 6.54 Å². The van der Waals surface area contributed by atoms with Gasteiger partial charge in [-0.1, -0.05) is 37.0 Å². The number of halogens is 1. The molecular formula is C10H18FN3. The number of hydrogen-bond donors (Lipinski definition) is 0. The van der Waals surface area contributed by atoms with E-state index in [1.807, 2.05) is 0 Å². The van der Waals surface area contributed by atoms with E-state index in [9.17, 15) is 4.39 Å². The molecule has 0 amide bonds. The van der Waals surface area contributed by atoms with Crippen LogP contribution < -0.4 is 0 Å². The summed E-state index contributed by atoms with van der Waals surface area (Å²) < 4.78 is 14.9. The van der Waals surface area contributed by atoms with Crippen molar-refractivity contribution in [3.05, 3.63) is 11.6 Å². The highest BCUT2D eigenvalue weighted by Crippen LogP contribution is 2.09. The van der Waals surface area contributed by atoms with Crippen LogP contribution in [0.5, 0.6) is 0 Å².